The summed E-state index contributed by atoms with van der Waals surface area (Å²) in [5.41, 5.74) is 0.612. The zero-order valence-corrected chi connectivity index (χ0v) is 17.0. The lowest BCUT2D eigenvalue weighted by Crippen LogP contribution is -2.59. The molecule has 0 radical (unpaired) electrons. The molecular weight excluding hydrogens is 439 g/mol. The Hall–Kier alpha value is -1.56. The summed E-state index contributed by atoms with van der Waals surface area (Å²) in [7, 11) is 1.69. The number of halogens is 3. The fourth-order valence-corrected chi connectivity index (χ4v) is 4.78. The van der Waals surface area contributed by atoms with Crippen molar-refractivity contribution in [1.82, 2.24) is 4.90 Å². The Bertz CT molecular complexity index is 898. The molecule has 0 N–H and O–H groups in total. The SMILES string of the molecule is CN1C(=O)N(c2cc(Cl)cc(Cl)c2)C(=O)C12CCC2c1ccc(Br)cc1. The molecule has 7 heteroatoms. The van der Waals surface area contributed by atoms with Crippen LogP contribution in [-0.2, 0) is 4.79 Å². The van der Waals surface area contributed by atoms with Crippen LogP contribution < -0.4 is 4.90 Å². The molecule has 134 valence electrons. The molecule has 2 aromatic carbocycles. The van der Waals surface area contributed by atoms with Gasteiger partial charge in [0.15, 0.2) is 0 Å². The van der Waals surface area contributed by atoms with E-state index in [0.717, 1.165) is 16.5 Å². The lowest BCUT2D eigenvalue weighted by Gasteiger charge is -2.48. The summed E-state index contributed by atoms with van der Waals surface area (Å²) in [6.45, 7) is 0. The Morgan fingerprint density at radius 1 is 1.08 bits per heavy atom. The topological polar surface area (TPSA) is 40.6 Å². The first kappa shape index (κ1) is 17.8. The molecule has 2 fully saturated rings. The maximum atomic E-state index is 13.4. The van der Waals surface area contributed by atoms with Gasteiger partial charge in [-0.3, -0.25) is 4.79 Å². The lowest BCUT2D eigenvalue weighted by molar-refractivity contribution is -0.130. The van der Waals surface area contributed by atoms with Crippen LogP contribution in [0.15, 0.2) is 46.9 Å². The number of imide groups is 1. The van der Waals surface area contributed by atoms with E-state index < -0.39 is 5.54 Å². The van der Waals surface area contributed by atoms with E-state index >= 15 is 0 Å². The number of rotatable bonds is 2. The van der Waals surface area contributed by atoms with E-state index in [1.165, 1.54) is 4.90 Å². The first-order chi connectivity index (χ1) is 12.3. The molecule has 2 atom stereocenters. The molecule has 2 unspecified atom stereocenters. The number of urea groups is 1. The van der Waals surface area contributed by atoms with Gasteiger partial charge in [-0.2, -0.15) is 0 Å². The third-order valence-corrected chi connectivity index (χ3v) is 6.38. The number of likely N-dealkylation sites (N-methyl/N-ethyl adjacent to an activating group) is 1. The van der Waals surface area contributed by atoms with Gasteiger partial charge in [0.25, 0.3) is 5.91 Å². The summed E-state index contributed by atoms with van der Waals surface area (Å²) >= 11 is 15.6. The third kappa shape index (κ3) is 2.48. The molecule has 2 aliphatic rings. The van der Waals surface area contributed by atoms with Gasteiger partial charge in [-0.1, -0.05) is 51.3 Å². The molecule has 1 saturated carbocycles. The second kappa shape index (κ2) is 6.25. The van der Waals surface area contributed by atoms with Gasteiger partial charge in [-0.25, -0.2) is 9.69 Å². The Labute approximate surface area is 169 Å². The van der Waals surface area contributed by atoms with E-state index in [-0.39, 0.29) is 17.9 Å². The summed E-state index contributed by atoms with van der Waals surface area (Å²) < 4.78 is 0.979. The summed E-state index contributed by atoms with van der Waals surface area (Å²) in [6.07, 6.45) is 1.49. The maximum Gasteiger partial charge on any atom is 0.332 e. The lowest BCUT2D eigenvalue weighted by atomic mass is 9.62. The van der Waals surface area contributed by atoms with Crippen LogP contribution in [0.5, 0.6) is 0 Å². The molecule has 26 heavy (non-hydrogen) atoms. The Morgan fingerprint density at radius 3 is 2.23 bits per heavy atom. The number of hydrogen-bond donors (Lipinski definition) is 0. The highest BCUT2D eigenvalue weighted by atomic mass is 79.9. The van der Waals surface area contributed by atoms with Crippen LogP contribution in [0.3, 0.4) is 0 Å². The zero-order valence-electron chi connectivity index (χ0n) is 13.9. The quantitative estimate of drug-likeness (QED) is 0.565. The molecule has 4 nitrogen and oxygen atoms in total. The third-order valence-electron chi connectivity index (χ3n) is 5.42. The Morgan fingerprint density at radius 2 is 1.69 bits per heavy atom. The van der Waals surface area contributed by atoms with Crippen molar-refractivity contribution < 1.29 is 9.59 Å². The van der Waals surface area contributed by atoms with Crippen molar-refractivity contribution in [2.75, 3.05) is 11.9 Å². The van der Waals surface area contributed by atoms with Gasteiger partial charge in [0, 0.05) is 27.5 Å². The van der Waals surface area contributed by atoms with Crippen molar-refractivity contribution in [3.8, 4) is 0 Å². The van der Waals surface area contributed by atoms with Gasteiger partial charge in [-0.05, 0) is 48.7 Å². The molecule has 4 rings (SSSR count). The Balaban J connectivity index is 1.75. The second-order valence-corrected chi connectivity index (χ2v) is 8.47. The van der Waals surface area contributed by atoms with E-state index in [2.05, 4.69) is 15.9 Å². The van der Waals surface area contributed by atoms with Crippen LogP contribution in [0, 0.1) is 0 Å². The molecule has 3 amide bonds. The maximum absolute atomic E-state index is 13.4. The molecule has 1 saturated heterocycles. The van der Waals surface area contributed by atoms with Gasteiger partial charge in [0.2, 0.25) is 0 Å². The zero-order chi connectivity index (χ0) is 18.6. The van der Waals surface area contributed by atoms with Gasteiger partial charge >= 0.3 is 6.03 Å². The fourth-order valence-electron chi connectivity index (χ4n) is 4.00. The summed E-state index contributed by atoms with van der Waals surface area (Å²) in [5.74, 6) is -0.251. The van der Waals surface area contributed by atoms with Crippen LogP contribution in [0.4, 0.5) is 10.5 Å². The van der Waals surface area contributed by atoms with Gasteiger partial charge in [0.05, 0.1) is 5.69 Å². The van der Waals surface area contributed by atoms with Crippen molar-refractivity contribution in [2.45, 2.75) is 24.3 Å². The second-order valence-electron chi connectivity index (χ2n) is 6.68. The average Bonchev–Trinajstić information content (AvgIpc) is 2.76. The number of anilines is 1. The molecule has 0 aromatic heterocycles. The number of benzene rings is 2. The predicted molar refractivity (Wildman–Crippen MR) is 106 cm³/mol. The minimum atomic E-state index is -0.848. The highest BCUT2D eigenvalue weighted by Gasteiger charge is 2.64. The van der Waals surface area contributed by atoms with Crippen molar-refractivity contribution in [3.05, 3.63) is 62.5 Å². The molecular formula is C19H15BrCl2N2O2. The van der Waals surface area contributed by atoms with Crippen LogP contribution in [-0.4, -0.2) is 29.4 Å². The molecule has 1 spiro atoms. The molecule has 1 heterocycles. The predicted octanol–water partition coefficient (Wildman–Crippen LogP) is 5.47. The standard InChI is InChI=1S/C19H15BrCl2N2O2/c1-23-18(26)24(15-9-13(21)8-14(22)10-15)17(25)19(23)7-6-16(19)11-2-4-12(20)5-3-11/h2-5,8-10,16H,6-7H2,1H3. The van der Waals surface area contributed by atoms with Crippen LogP contribution in [0.2, 0.25) is 10.0 Å². The first-order valence-electron chi connectivity index (χ1n) is 8.18. The van der Waals surface area contributed by atoms with Gasteiger partial charge in [-0.15, -0.1) is 0 Å². The van der Waals surface area contributed by atoms with Gasteiger partial charge in [0.1, 0.15) is 5.54 Å². The number of hydrogen-bond acceptors (Lipinski definition) is 2. The van der Waals surface area contributed by atoms with Crippen LogP contribution in [0.25, 0.3) is 0 Å². The van der Waals surface area contributed by atoms with E-state index in [9.17, 15) is 9.59 Å². The van der Waals surface area contributed by atoms with E-state index in [1.807, 2.05) is 24.3 Å². The van der Waals surface area contributed by atoms with E-state index in [0.29, 0.717) is 22.2 Å². The molecule has 1 aliphatic carbocycles. The molecule has 1 aliphatic heterocycles. The number of amides is 3. The molecule has 2 aromatic rings. The average molecular weight is 454 g/mol. The monoisotopic (exact) mass is 452 g/mol. The summed E-state index contributed by atoms with van der Waals surface area (Å²) in [6, 6.07) is 12.3. The van der Waals surface area contributed by atoms with E-state index in [1.54, 1.807) is 30.1 Å². The van der Waals surface area contributed by atoms with E-state index in [4.69, 9.17) is 23.2 Å². The number of nitrogens with zero attached hydrogens (tertiary/aromatic N) is 2. The highest BCUT2D eigenvalue weighted by Crippen LogP contribution is 2.54. The minimum absolute atomic E-state index is 0.0308. The summed E-state index contributed by atoms with van der Waals surface area (Å²) in [5, 5.41) is 0.768. The number of carbonyl (C=O) groups excluding carboxylic acids is 2. The Kier molecular flexibility index (Phi) is 4.29. The number of carbonyl (C=O) groups is 2. The largest absolute Gasteiger partial charge is 0.332 e. The van der Waals surface area contributed by atoms with Crippen LogP contribution >= 0.6 is 39.1 Å². The highest BCUT2D eigenvalue weighted by molar-refractivity contribution is 9.10. The van der Waals surface area contributed by atoms with Gasteiger partial charge < -0.3 is 4.90 Å². The first-order valence-corrected chi connectivity index (χ1v) is 9.73. The van der Waals surface area contributed by atoms with Crippen LogP contribution in [0.1, 0.15) is 24.3 Å². The smallest absolute Gasteiger partial charge is 0.312 e. The summed E-state index contributed by atoms with van der Waals surface area (Å²) in [4.78, 5) is 29.1. The molecule has 0 bridgehead atoms. The fraction of sp³-hybridized carbons (Fsp3) is 0.263. The minimum Gasteiger partial charge on any atom is -0.312 e. The van der Waals surface area contributed by atoms with Crippen molar-refractivity contribution >= 4 is 56.8 Å². The normalized spacial score (nSPS) is 25.2. The van der Waals surface area contributed by atoms with Crippen molar-refractivity contribution in [3.63, 3.8) is 0 Å². The van der Waals surface area contributed by atoms with Crippen molar-refractivity contribution in [1.29, 1.82) is 0 Å². The van der Waals surface area contributed by atoms with Crippen molar-refractivity contribution in [2.24, 2.45) is 0 Å².